The van der Waals surface area contributed by atoms with Gasteiger partial charge in [0.1, 0.15) is 5.82 Å². The summed E-state index contributed by atoms with van der Waals surface area (Å²) in [5.74, 6) is -1.18. The van der Waals surface area contributed by atoms with Crippen LogP contribution in [0.25, 0.3) is 0 Å². The van der Waals surface area contributed by atoms with Crippen molar-refractivity contribution in [3.63, 3.8) is 0 Å². The predicted molar refractivity (Wildman–Crippen MR) is 86.8 cm³/mol. The average molecular weight is 377 g/mol. The van der Waals surface area contributed by atoms with E-state index in [-0.39, 0.29) is 16.8 Å². The summed E-state index contributed by atoms with van der Waals surface area (Å²) in [7, 11) is -7.32. The van der Waals surface area contributed by atoms with Crippen LogP contribution in [-0.4, -0.2) is 58.9 Å². The van der Waals surface area contributed by atoms with Crippen LogP contribution in [0, 0.1) is 5.82 Å². The largest absolute Gasteiger partial charge is 0.377 e. The molecule has 2 aliphatic rings. The van der Waals surface area contributed by atoms with E-state index < -0.39 is 42.5 Å². The lowest BCUT2D eigenvalue weighted by molar-refractivity contribution is 0.108. The molecule has 2 fully saturated rings. The first-order valence-electron chi connectivity index (χ1n) is 7.83. The minimum Gasteiger partial charge on any atom is -0.377 e. The molecule has 0 spiro atoms. The molecule has 2 heterocycles. The maximum atomic E-state index is 13.0. The van der Waals surface area contributed by atoms with E-state index in [0.717, 1.165) is 25.0 Å². The van der Waals surface area contributed by atoms with E-state index in [1.54, 1.807) is 0 Å². The quantitative estimate of drug-likeness (QED) is 0.753. The van der Waals surface area contributed by atoms with Crippen LogP contribution in [0.5, 0.6) is 0 Å². The van der Waals surface area contributed by atoms with Gasteiger partial charge in [0.25, 0.3) is 0 Å². The molecule has 1 unspecified atom stereocenters. The van der Waals surface area contributed by atoms with Crippen molar-refractivity contribution in [1.82, 2.24) is 5.32 Å². The molecule has 134 valence electrons. The van der Waals surface area contributed by atoms with Crippen molar-refractivity contribution in [2.45, 2.75) is 35.1 Å². The van der Waals surface area contributed by atoms with Gasteiger partial charge < -0.3 is 10.1 Å². The van der Waals surface area contributed by atoms with Gasteiger partial charge in [0.05, 0.1) is 27.8 Å². The van der Waals surface area contributed by atoms with Gasteiger partial charge in [-0.1, -0.05) is 0 Å². The van der Waals surface area contributed by atoms with Crippen LogP contribution in [0.15, 0.2) is 29.2 Å². The first-order valence-corrected chi connectivity index (χ1v) is 11.2. The summed E-state index contributed by atoms with van der Waals surface area (Å²) in [6, 6.07) is 3.78. The van der Waals surface area contributed by atoms with Crippen molar-refractivity contribution >= 4 is 19.7 Å². The van der Waals surface area contributed by atoms with Gasteiger partial charge in [-0.2, -0.15) is 0 Å². The van der Waals surface area contributed by atoms with E-state index in [9.17, 15) is 21.2 Å². The van der Waals surface area contributed by atoms with Crippen LogP contribution in [-0.2, 0) is 24.4 Å². The van der Waals surface area contributed by atoms with Crippen LogP contribution in [0.4, 0.5) is 4.39 Å². The summed E-state index contributed by atoms with van der Waals surface area (Å²) in [4.78, 5) is -0.0603. The average Bonchev–Trinajstić information content (AvgIpc) is 3.13. The first-order chi connectivity index (χ1) is 11.3. The molecule has 0 radical (unpaired) electrons. The summed E-state index contributed by atoms with van der Waals surface area (Å²) < 4.78 is 68.0. The van der Waals surface area contributed by atoms with Gasteiger partial charge in [0, 0.05) is 19.2 Å². The van der Waals surface area contributed by atoms with Crippen LogP contribution < -0.4 is 5.32 Å². The van der Waals surface area contributed by atoms with Gasteiger partial charge in [0.15, 0.2) is 19.7 Å². The lowest BCUT2D eigenvalue weighted by atomic mass is 10.2. The number of ether oxygens (including phenoxy) is 1. The van der Waals surface area contributed by atoms with E-state index >= 15 is 0 Å². The number of rotatable bonds is 5. The topological polar surface area (TPSA) is 89.5 Å². The number of sulfone groups is 2. The van der Waals surface area contributed by atoms with Crippen LogP contribution in [0.3, 0.4) is 0 Å². The Labute approximate surface area is 141 Å². The lowest BCUT2D eigenvalue weighted by Crippen LogP contribution is -2.45. The first kappa shape index (κ1) is 17.8. The summed E-state index contributed by atoms with van der Waals surface area (Å²) in [5.41, 5.74) is 0. The van der Waals surface area contributed by atoms with E-state index in [1.165, 1.54) is 12.1 Å². The highest BCUT2D eigenvalue weighted by molar-refractivity contribution is 7.96. The highest BCUT2D eigenvalue weighted by Crippen LogP contribution is 2.26. The molecule has 1 N–H and O–H groups in total. The van der Waals surface area contributed by atoms with Crippen LogP contribution in [0.1, 0.15) is 12.8 Å². The van der Waals surface area contributed by atoms with Gasteiger partial charge in [-0.3, -0.25) is 0 Å². The Hall–Kier alpha value is -1.03. The Kier molecular flexibility index (Phi) is 4.96. The molecule has 0 bridgehead atoms. The molecule has 0 amide bonds. The van der Waals surface area contributed by atoms with Gasteiger partial charge >= 0.3 is 0 Å². The van der Waals surface area contributed by atoms with Gasteiger partial charge in [-0.25, -0.2) is 21.2 Å². The number of halogens is 1. The van der Waals surface area contributed by atoms with Crippen LogP contribution in [0.2, 0.25) is 0 Å². The number of nitrogens with one attached hydrogen (secondary N) is 1. The number of benzene rings is 1. The smallest absolute Gasteiger partial charge is 0.183 e. The zero-order valence-corrected chi connectivity index (χ0v) is 14.7. The normalized spacial score (nSPS) is 29.8. The minimum atomic E-state index is -3.87. The third kappa shape index (κ3) is 3.79. The molecule has 1 aromatic rings. The Balaban J connectivity index is 1.80. The number of hydrogen-bond donors (Lipinski definition) is 1. The van der Waals surface area contributed by atoms with E-state index in [1.807, 2.05) is 0 Å². The van der Waals surface area contributed by atoms with Crippen molar-refractivity contribution in [3.05, 3.63) is 30.1 Å². The Morgan fingerprint density at radius 2 is 1.92 bits per heavy atom. The maximum Gasteiger partial charge on any atom is 0.183 e. The molecule has 0 aromatic heterocycles. The summed E-state index contributed by atoms with van der Waals surface area (Å²) in [6.45, 7) is 1.10. The fourth-order valence-electron chi connectivity index (χ4n) is 3.20. The van der Waals surface area contributed by atoms with Gasteiger partial charge in [0.2, 0.25) is 0 Å². The summed E-state index contributed by atoms with van der Waals surface area (Å²) >= 11 is 0. The van der Waals surface area contributed by atoms with Gasteiger partial charge in [-0.05, 0) is 37.1 Å². The Bertz CT molecular complexity index is 786. The van der Waals surface area contributed by atoms with Crippen LogP contribution >= 0.6 is 0 Å². The SMILES string of the molecule is O=S1(=O)C[C@H](NCC2CCCO2)[C@@H](S(=O)(=O)c2ccc(F)cc2)C1. The van der Waals surface area contributed by atoms with Crippen molar-refractivity contribution in [2.75, 3.05) is 24.7 Å². The molecular formula is C15H20FNO5S2. The van der Waals surface area contributed by atoms with Crippen molar-refractivity contribution < 1.29 is 26.0 Å². The van der Waals surface area contributed by atoms with Crippen molar-refractivity contribution in [1.29, 1.82) is 0 Å². The highest BCUT2D eigenvalue weighted by atomic mass is 32.2. The van der Waals surface area contributed by atoms with E-state index in [2.05, 4.69) is 5.32 Å². The third-order valence-corrected chi connectivity index (χ3v) is 8.64. The molecule has 0 saturated carbocycles. The second-order valence-corrected chi connectivity index (χ2v) is 10.6. The van der Waals surface area contributed by atoms with Crippen molar-refractivity contribution in [3.8, 4) is 0 Å². The molecular weight excluding hydrogens is 357 g/mol. The minimum absolute atomic E-state index is 0.0116. The molecule has 3 atom stereocenters. The second kappa shape index (κ2) is 6.70. The zero-order valence-electron chi connectivity index (χ0n) is 13.0. The summed E-state index contributed by atoms with van der Waals surface area (Å²) in [5, 5.41) is 1.98. The second-order valence-electron chi connectivity index (χ2n) is 6.26. The molecule has 0 aliphatic carbocycles. The molecule has 9 heteroatoms. The fraction of sp³-hybridized carbons (Fsp3) is 0.600. The van der Waals surface area contributed by atoms with E-state index in [0.29, 0.717) is 13.2 Å². The predicted octanol–water partition coefficient (Wildman–Crippen LogP) is 0.534. The Morgan fingerprint density at radius 1 is 1.21 bits per heavy atom. The lowest BCUT2D eigenvalue weighted by Gasteiger charge is -2.21. The van der Waals surface area contributed by atoms with Crippen molar-refractivity contribution in [2.24, 2.45) is 0 Å². The molecule has 1 aromatic carbocycles. The molecule has 2 aliphatic heterocycles. The molecule has 3 rings (SSSR count). The monoisotopic (exact) mass is 377 g/mol. The highest BCUT2D eigenvalue weighted by Gasteiger charge is 2.45. The fourth-order valence-corrected chi connectivity index (χ4v) is 7.92. The maximum absolute atomic E-state index is 13.0. The number of hydrogen-bond acceptors (Lipinski definition) is 6. The van der Waals surface area contributed by atoms with Gasteiger partial charge in [-0.15, -0.1) is 0 Å². The summed E-state index contributed by atoms with van der Waals surface area (Å²) in [6.07, 6.45) is 1.82. The molecule has 6 nitrogen and oxygen atoms in total. The zero-order chi connectivity index (χ0) is 17.4. The standard InChI is InChI=1S/C15H20FNO5S2/c16-11-3-5-13(6-4-11)24(20,21)15-10-23(18,19)9-14(15)17-8-12-2-1-7-22-12/h3-6,12,14-15,17H,1-2,7-10H2/t12?,14-,15-/m0/s1. The molecule has 24 heavy (non-hydrogen) atoms. The third-order valence-electron chi connectivity index (χ3n) is 4.47. The Morgan fingerprint density at radius 3 is 2.54 bits per heavy atom. The molecule has 2 saturated heterocycles. The van der Waals surface area contributed by atoms with E-state index in [4.69, 9.17) is 4.74 Å².